The number of aromatic nitrogens is 1. The summed E-state index contributed by atoms with van der Waals surface area (Å²) in [6.07, 6.45) is 4.46. The Balaban J connectivity index is 1.16. The number of esters is 1. The maximum atomic E-state index is 14.9. The lowest BCUT2D eigenvalue weighted by molar-refractivity contribution is -0.156. The zero-order valence-corrected chi connectivity index (χ0v) is 34.4. The van der Waals surface area contributed by atoms with Gasteiger partial charge in [-0.2, -0.15) is 13.2 Å². The number of allylic oxidation sites excluding steroid dienone is 1. The molecule has 1 spiro atoms. The average Bonchev–Trinajstić information content (AvgIpc) is 4.15. The Hall–Kier alpha value is -4.41. The number of halogens is 3. The number of carbonyl (C=O) groups excluding carboxylic acids is 4. The van der Waals surface area contributed by atoms with Crippen molar-refractivity contribution in [3.05, 3.63) is 41.6 Å². The molecule has 3 aliphatic carbocycles. The molecule has 4 fully saturated rings. The van der Waals surface area contributed by atoms with Crippen LogP contribution in [0.4, 0.5) is 13.2 Å². The van der Waals surface area contributed by atoms with Gasteiger partial charge in [-0.05, 0) is 95.8 Å². The molecule has 1 saturated heterocycles. The van der Waals surface area contributed by atoms with E-state index >= 15 is 0 Å². The van der Waals surface area contributed by atoms with Crippen molar-refractivity contribution in [2.24, 2.45) is 11.8 Å². The molecular weight excluding hydrogens is 794 g/mol. The Morgan fingerprint density at radius 2 is 1.85 bits per heavy atom. The number of hydrogen-bond donors (Lipinski definition) is 2. The molecule has 59 heavy (non-hydrogen) atoms. The van der Waals surface area contributed by atoms with Crippen LogP contribution in [0.1, 0.15) is 115 Å². The van der Waals surface area contributed by atoms with Crippen molar-refractivity contribution in [1.82, 2.24) is 19.9 Å². The van der Waals surface area contributed by atoms with Crippen LogP contribution in [-0.2, 0) is 46.5 Å². The molecule has 17 heteroatoms. The number of methoxy groups -OCH3 is 1. The molecule has 3 saturated carbocycles. The van der Waals surface area contributed by atoms with Crippen molar-refractivity contribution in [3.63, 3.8) is 0 Å². The number of benzene rings is 1. The number of aryl methyl sites for hydroxylation is 1. The monoisotopic (exact) mass is 844 g/mol. The van der Waals surface area contributed by atoms with Crippen molar-refractivity contribution in [2.75, 3.05) is 13.7 Å². The third kappa shape index (κ3) is 7.76. The van der Waals surface area contributed by atoms with Crippen LogP contribution >= 0.6 is 0 Å². The SMILES string of the molecule is CCC1(OC(=O)C[C@H]2CCCCC/C=C\[C@@H]3C[C@@]3(C(=O)NS(=O)(=O)C3(C)CC3)NC(=O)[C@@H]3C[C@]4(CCc5c(c(C(F)(F)F)nc6ccc(OC)cc56)O4)CN3C2=O)CC1. The molecule has 3 amide bonds. The first kappa shape index (κ1) is 41.3. The van der Waals surface area contributed by atoms with Crippen LogP contribution in [0, 0.1) is 11.8 Å². The largest absolute Gasteiger partial charge is 0.497 e. The zero-order valence-electron chi connectivity index (χ0n) is 33.5. The molecule has 0 radical (unpaired) electrons. The molecule has 5 atom stereocenters. The van der Waals surface area contributed by atoms with Crippen LogP contribution in [0.5, 0.6) is 11.5 Å². The van der Waals surface area contributed by atoms with E-state index in [1.165, 1.54) is 24.1 Å². The summed E-state index contributed by atoms with van der Waals surface area (Å²) >= 11 is 0. The molecule has 320 valence electrons. The molecule has 6 aliphatic rings. The highest BCUT2D eigenvalue weighted by molar-refractivity contribution is 7.91. The summed E-state index contributed by atoms with van der Waals surface area (Å²) in [5.74, 6) is -4.27. The predicted octanol–water partition coefficient (Wildman–Crippen LogP) is 5.81. The summed E-state index contributed by atoms with van der Waals surface area (Å²) < 4.78 is 89.5. The Labute approximate surface area is 341 Å². The summed E-state index contributed by atoms with van der Waals surface area (Å²) in [5.41, 5.74) is -4.55. The van der Waals surface area contributed by atoms with Gasteiger partial charge in [0.2, 0.25) is 21.8 Å². The van der Waals surface area contributed by atoms with E-state index in [2.05, 4.69) is 15.0 Å². The van der Waals surface area contributed by atoms with E-state index in [1.54, 1.807) is 19.1 Å². The Bertz CT molecular complexity index is 2220. The van der Waals surface area contributed by atoms with Gasteiger partial charge in [0.05, 0.1) is 30.3 Å². The molecule has 2 aromatic rings. The predicted molar refractivity (Wildman–Crippen MR) is 207 cm³/mol. The van der Waals surface area contributed by atoms with E-state index in [-0.39, 0.29) is 49.7 Å². The summed E-state index contributed by atoms with van der Waals surface area (Å²) in [6, 6.07) is 3.23. The molecule has 1 aromatic heterocycles. The number of sulfonamides is 1. The van der Waals surface area contributed by atoms with Crippen LogP contribution in [0.3, 0.4) is 0 Å². The van der Waals surface area contributed by atoms with Crippen molar-refractivity contribution in [2.45, 2.75) is 144 Å². The first-order chi connectivity index (χ1) is 27.9. The molecule has 1 aromatic carbocycles. The zero-order chi connectivity index (χ0) is 42.2. The number of alkyl halides is 3. The number of fused-ring (bicyclic) bond motifs is 5. The maximum Gasteiger partial charge on any atom is 0.437 e. The van der Waals surface area contributed by atoms with Gasteiger partial charge in [0, 0.05) is 29.2 Å². The highest BCUT2D eigenvalue weighted by Gasteiger charge is 2.64. The molecule has 2 N–H and O–H groups in total. The van der Waals surface area contributed by atoms with E-state index in [1.807, 2.05) is 13.0 Å². The summed E-state index contributed by atoms with van der Waals surface area (Å²) in [4.78, 5) is 62.2. The van der Waals surface area contributed by atoms with E-state index in [0.29, 0.717) is 56.1 Å². The van der Waals surface area contributed by atoms with Gasteiger partial charge in [-0.3, -0.25) is 23.9 Å². The Morgan fingerprint density at radius 1 is 1.08 bits per heavy atom. The number of ether oxygens (including phenoxy) is 3. The first-order valence-electron chi connectivity index (χ1n) is 20.7. The topological polar surface area (TPSA) is 170 Å². The van der Waals surface area contributed by atoms with Gasteiger partial charge in [0.15, 0.2) is 11.4 Å². The van der Waals surface area contributed by atoms with E-state index in [9.17, 15) is 40.8 Å². The van der Waals surface area contributed by atoms with Gasteiger partial charge in [-0.1, -0.05) is 31.9 Å². The number of nitrogens with one attached hydrogen (secondary N) is 2. The highest BCUT2D eigenvalue weighted by Crippen LogP contribution is 2.51. The number of hydrogen-bond acceptors (Lipinski definition) is 10. The minimum Gasteiger partial charge on any atom is -0.497 e. The molecule has 0 unspecified atom stereocenters. The van der Waals surface area contributed by atoms with Gasteiger partial charge in [-0.25, -0.2) is 13.4 Å². The van der Waals surface area contributed by atoms with Gasteiger partial charge in [0.25, 0.3) is 5.91 Å². The fraction of sp³-hybridized carbons (Fsp3) is 0.643. The van der Waals surface area contributed by atoms with Crippen molar-refractivity contribution in [3.8, 4) is 11.5 Å². The number of carbonyl (C=O) groups is 4. The minimum atomic E-state index is -4.92. The number of amides is 3. The van der Waals surface area contributed by atoms with E-state index in [0.717, 1.165) is 19.3 Å². The molecule has 13 nitrogen and oxygen atoms in total. The van der Waals surface area contributed by atoms with Gasteiger partial charge in [-0.15, -0.1) is 0 Å². The second-order valence-electron chi connectivity index (χ2n) is 17.8. The molecule has 3 aliphatic heterocycles. The molecule has 4 heterocycles. The van der Waals surface area contributed by atoms with Crippen molar-refractivity contribution >= 4 is 44.6 Å². The van der Waals surface area contributed by atoms with Crippen LogP contribution in [0.2, 0.25) is 0 Å². The second-order valence-corrected chi connectivity index (χ2v) is 20.0. The lowest BCUT2D eigenvalue weighted by Crippen LogP contribution is -2.57. The normalized spacial score (nSPS) is 30.3. The number of pyridine rings is 1. The third-order valence-corrected chi connectivity index (χ3v) is 15.7. The average molecular weight is 845 g/mol. The van der Waals surface area contributed by atoms with E-state index < -0.39 is 90.7 Å². The summed E-state index contributed by atoms with van der Waals surface area (Å²) in [7, 11) is -2.64. The second kappa shape index (κ2) is 14.6. The fourth-order valence-electron chi connectivity index (χ4n) is 9.11. The Kier molecular flexibility index (Phi) is 10.3. The number of nitrogens with zero attached hydrogens (tertiary/aromatic N) is 2. The Morgan fingerprint density at radius 3 is 2.53 bits per heavy atom. The smallest absolute Gasteiger partial charge is 0.437 e. The molecule has 0 bridgehead atoms. The quantitative estimate of drug-likeness (QED) is 0.244. The first-order valence-corrected chi connectivity index (χ1v) is 22.2. The molecular formula is C42H51F3N4O9S. The third-order valence-electron chi connectivity index (χ3n) is 13.6. The summed E-state index contributed by atoms with van der Waals surface area (Å²) in [6.45, 7) is 3.19. The standard InChI is InChI=1S/C42H51F3N4O9S/c1-4-39(18-19-39)57-32(50)20-25-10-8-6-5-7-9-11-26-22-41(26,37(53)48-59(54,55)38(2)16-17-38)47-35(51)31-23-40(24-49(31)36(25)52)15-14-28-29-21-27(56-3)12-13-30(29)46-34(33(28)58-40)42(43,44)45/h9,11-13,21,25-26,31H,4-8,10,14-20,22-24H2,1-3H3,(H,47,51)(H,48,53)/b11-9-/t25-,26-,31+,40-,41-/m1/s1. The van der Waals surface area contributed by atoms with Crippen LogP contribution < -0.4 is 19.5 Å². The minimum absolute atomic E-state index is 0.0890. The van der Waals surface area contributed by atoms with Crippen LogP contribution in [0.15, 0.2) is 30.4 Å². The number of rotatable bonds is 8. The van der Waals surface area contributed by atoms with Crippen molar-refractivity contribution in [1.29, 1.82) is 0 Å². The van der Waals surface area contributed by atoms with Crippen molar-refractivity contribution < 1.29 is 55.0 Å². The molecule has 8 rings (SSSR count). The maximum absolute atomic E-state index is 14.9. The summed E-state index contributed by atoms with van der Waals surface area (Å²) in [5, 5.41) is 3.24. The lowest BCUT2D eigenvalue weighted by Gasteiger charge is -2.37. The fourth-order valence-corrected chi connectivity index (χ4v) is 10.4. The van der Waals surface area contributed by atoms with Crippen LogP contribution in [-0.4, -0.2) is 83.2 Å². The van der Waals surface area contributed by atoms with Crippen LogP contribution in [0.25, 0.3) is 10.9 Å². The van der Waals surface area contributed by atoms with Gasteiger partial charge >= 0.3 is 12.1 Å². The lowest BCUT2D eigenvalue weighted by atomic mass is 9.87. The van der Waals surface area contributed by atoms with Gasteiger partial charge in [0.1, 0.15) is 28.5 Å². The van der Waals surface area contributed by atoms with Gasteiger partial charge < -0.3 is 24.4 Å². The van der Waals surface area contributed by atoms with E-state index in [4.69, 9.17) is 14.2 Å². The highest BCUT2D eigenvalue weighted by atomic mass is 32.2.